The van der Waals surface area contributed by atoms with E-state index in [4.69, 9.17) is 16.3 Å². The first-order chi connectivity index (χ1) is 10.5. The lowest BCUT2D eigenvalue weighted by atomic mass is 10.1. The Balaban J connectivity index is 2.49. The van der Waals surface area contributed by atoms with Crippen molar-refractivity contribution in [1.29, 1.82) is 0 Å². The van der Waals surface area contributed by atoms with Gasteiger partial charge in [-0.1, -0.05) is 0 Å². The summed E-state index contributed by atoms with van der Waals surface area (Å²) in [5.74, 6) is 0.639. The molecule has 1 fully saturated rings. The molecule has 0 unspecified atom stereocenters. The second-order valence-electron chi connectivity index (χ2n) is 7.11. The first-order valence-corrected chi connectivity index (χ1v) is 9.45. The van der Waals surface area contributed by atoms with Crippen LogP contribution in [0.4, 0.5) is 5.82 Å². The number of anilines is 1. The van der Waals surface area contributed by atoms with Crippen LogP contribution < -0.4 is 4.90 Å². The van der Waals surface area contributed by atoms with Gasteiger partial charge in [-0.15, -0.1) is 0 Å². The SMILES string of the molecule is CC(C)(C)S(=O)(=O)C(C)(C)c1cc(N2CCOCC2)nc(Cl)n1. The van der Waals surface area contributed by atoms with Crippen LogP contribution in [-0.4, -0.2) is 49.4 Å². The first-order valence-electron chi connectivity index (χ1n) is 7.59. The van der Waals surface area contributed by atoms with Gasteiger partial charge in [0.1, 0.15) is 10.6 Å². The number of hydrogen-bond donors (Lipinski definition) is 0. The maximum Gasteiger partial charge on any atom is 0.224 e. The van der Waals surface area contributed by atoms with Crippen LogP contribution in [-0.2, 0) is 19.3 Å². The standard InChI is InChI=1S/C15H24ClN3O3S/c1-14(2,3)23(20,21)15(4,5)11-10-12(18-13(16)17-11)19-6-8-22-9-7-19/h10H,6-9H2,1-5H3. The number of sulfone groups is 1. The minimum atomic E-state index is -3.49. The molecule has 2 rings (SSSR count). The third-order valence-electron chi connectivity index (χ3n) is 4.12. The molecule has 23 heavy (non-hydrogen) atoms. The molecule has 1 aromatic rings. The van der Waals surface area contributed by atoms with E-state index in [-0.39, 0.29) is 5.28 Å². The van der Waals surface area contributed by atoms with E-state index in [0.717, 1.165) is 0 Å². The zero-order valence-corrected chi connectivity index (χ0v) is 15.8. The van der Waals surface area contributed by atoms with Gasteiger partial charge >= 0.3 is 0 Å². The third-order valence-corrected chi connectivity index (χ3v) is 7.45. The molecular weight excluding hydrogens is 338 g/mol. The largest absolute Gasteiger partial charge is 0.378 e. The van der Waals surface area contributed by atoms with Crippen molar-refractivity contribution in [3.8, 4) is 0 Å². The van der Waals surface area contributed by atoms with Crippen LogP contribution in [0.5, 0.6) is 0 Å². The molecule has 0 N–H and O–H groups in total. The van der Waals surface area contributed by atoms with E-state index in [1.807, 2.05) is 4.90 Å². The summed E-state index contributed by atoms with van der Waals surface area (Å²) in [6.07, 6.45) is 0. The number of ether oxygens (including phenoxy) is 1. The van der Waals surface area contributed by atoms with Crippen LogP contribution >= 0.6 is 11.6 Å². The van der Waals surface area contributed by atoms with E-state index >= 15 is 0 Å². The second-order valence-corrected chi connectivity index (χ2v) is 10.7. The van der Waals surface area contributed by atoms with Gasteiger partial charge in [-0.3, -0.25) is 0 Å². The highest BCUT2D eigenvalue weighted by Gasteiger charge is 2.45. The molecule has 0 bridgehead atoms. The van der Waals surface area contributed by atoms with Crippen LogP contribution in [0.2, 0.25) is 5.28 Å². The molecular formula is C15H24ClN3O3S. The van der Waals surface area contributed by atoms with Crippen molar-refractivity contribution in [1.82, 2.24) is 9.97 Å². The van der Waals surface area contributed by atoms with Crippen LogP contribution in [0.3, 0.4) is 0 Å². The summed E-state index contributed by atoms with van der Waals surface area (Å²) in [6, 6.07) is 1.72. The average molecular weight is 362 g/mol. The summed E-state index contributed by atoms with van der Waals surface area (Å²) >= 11 is 6.06. The van der Waals surface area contributed by atoms with Crippen molar-refractivity contribution in [3.05, 3.63) is 17.0 Å². The molecule has 1 saturated heterocycles. The molecule has 2 heterocycles. The highest BCUT2D eigenvalue weighted by Crippen LogP contribution is 2.37. The number of rotatable bonds is 3. The maximum atomic E-state index is 12.9. The van der Waals surface area contributed by atoms with E-state index in [0.29, 0.717) is 37.8 Å². The van der Waals surface area contributed by atoms with Crippen molar-refractivity contribution in [2.45, 2.75) is 44.1 Å². The van der Waals surface area contributed by atoms with Crippen LogP contribution in [0.25, 0.3) is 0 Å². The van der Waals surface area contributed by atoms with Crippen molar-refractivity contribution >= 4 is 27.3 Å². The van der Waals surface area contributed by atoms with Gasteiger partial charge in [0.15, 0.2) is 9.84 Å². The minimum Gasteiger partial charge on any atom is -0.378 e. The topological polar surface area (TPSA) is 72.4 Å². The molecule has 0 amide bonds. The molecule has 6 nitrogen and oxygen atoms in total. The molecule has 0 atom stereocenters. The molecule has 0 spiro atoms. The molecule has 0 saturated carbocycles. The van der Waals surface area contributed by atoms with E-state index in [2.05, 4.69) is 9.97 Å². The Labute approximate surface area is 143 Å². The zero-order valence-electron chi connectivity index (χ0n) is 14.3. The van der Waals surface area contributed by atoms with Gasteiger partial charge in [0.2, 0.25) is 5.28 Å². The molecule has 130 valence electrons. The van der Waals surface area contributed by atoms with Gasteiger partial charge in [0, 0.05) is 19.2 Å². The second kappa shape index (κ2) is 6.18. The van der Waals surface area contributed by atoms with E-state index in [1.54, 1.807) is 40.7 Å². The fourth-order valence-corrected chi connectivity index (χ4v) is 4.66. The Morgan fingerprint density at radius 3 is 2.22 bits per heavy atom. The van der Waals surface area contributed by atoms with Gasteiger partial charge < -0.3 is 9.64 Å². The van der Waals surface area contributed by atoms with E-state index < -0.39 is 19.3 Å². The van der Waals surface area contributed by atoms with E-state index in [1.165, 1.54) is 0 Å². The lowest BCUT2D eigenvalue weighted by molar-refractivity contribution is 0.122. The zero-order chi connectivity index (χ0) is 17.5. The number of nitrogens with zero attached hydrogens (tertiary/aromatic N) is 3. The minimum absolute atomic E-state index is 0.0566. The summed E-state index contributed by atoms with van der Waals surface area (Å²) in [5, 5.41) is 0.0566. The highest BCUT2D eigenvalue weighted by molar-refractivity contribution is 7.93. The summed E-state index contributed by atoms with van der Waals surface area (Å²) in [4.78, 5) is 10.5. The number of halogens is 1. The maximum absolute atomic E-state index is 12.9. The molecule has 1 aromatic heterocycles. The Morgan fingerprint density at radius 2 is 1.70 bits per heavy atom. The van der Waals surface area contributed by atoms with Crippen LogP contribution in [0.15, 0.2) is 6.07 Å². The Morgan fingerprint density at radius 1 is 1.13 bits per heavy atom. The lowest BCUT2D eigenvalue weighted by Crippen LogP contribution is -2.43. The van der Waals surface area contributed by atoms with Gasteiger partial charge in [-0.25, -0.2) is 18.4 Å². The predicted octanol–water partition coefficient (Wildman–Crippen LogP) is 2.42. The summed E-state index contributed by atoms with van der Waals surface area (Å²) < 4.78 is 29.1. The molecule has 1 aliphatic heterocycles. The smallest absolute Gasteiger partial charge is 0.224 e. The molecule has 0 aliphatic carbocycles. The Bertz CT molecular complexity index is 678. The van der Waals surface area contributed by atoms with E-state index in [9.17, 15) is 8.42 Å². The van der Waals surface area contributed by atoms with Crippen molar-refractivity contribution in [2.24, 2.45) is 0 Å². The molecule has 1 aliphatic rings. The Hall–Kier alpha value is -0.920. The van der Waals surface area contributed by atoms with Crippen LogP contribution in [0, 0.1) is 0 Å². The lowest BCUT2D eigenvalue weighted by Gasteiger charge is -2.33. The van der Waals surface area contributed by atoms with Crippen LogP contribution in [0.1, 0.15) is 40.3 Å². The summed E-state index contributed by atoms with van der Waals surface area (Å²) in [6.45, 7) is 11.0. The predicted molar refractivity (Wildman–Crippen MR) is 91.8 cm³/mol. The van der Waals surface area contributed by atoms with Crippen molar-refractivity contribution < 1.29 is 13.2 Å². The quantitative estimate of drug-likeness (QED) is 0.770. The first kappa shape index (κ1) is 18.4. The third kappa shape index (κ3) is 3.46. The van der Waals surface area contributed by atoms with Gasteiger partial charge in [0.05, 0.1) is 23.7 Å². The van der Waals surface area contributed by atoms with Gasteiger partial charge in [-0.2, -0.15) is 0 Å². The Kier molecular flexibility index (Phi) is 4.95. The molecule has 0 radical (unpaired) electrons. The van der Waals surface area contributed by atoms with Crippen molar-refractivity contribution in [2.75, 3.05) is 31.2 Å². The highest BCUT2D eigenvalue weighted by atomic mass is 35.5. The number of morpholine rings is 1. The summed E-state index contributed by atoms with van der Waals surface area (Å²) in [7, 11) is -3.49. The monoisotopic (exact) mass is 361 g/mol. The average Bonchev–Trinajstić information content (AvgIpc) is 2.46. The summed E-state index contributed by atoms with van der Waals surface area (Å²) in [5.41, 5.74) is 0.411. The van der Waals surface area contributed by atoms with Gasteiger partial charge in [-0.05, 0) is 46.2 Å². The normalized spacial score (nSPS) is 17.4. The molecule has 0 aromatic carbocycles. The fraction of sp³-hybridized carbons (Fsp3) is 0.733. The molecule has 8 heteroatoms. The number of aromatic nitrogens is 2. The van der Waals surface area contributed by atoms with Crippen molar-refractivity contribution in [3.63, 3.8) is 0 Å². The number of hydrogen-bond acceptors (Lipinski definition) is 6. The van der Waals surface area contributed by atoms with Gasteiger partial charge in [0.25, 0.3) is 0 Å². The fourth-order valence-electron chi connectivity index (χ4n) is 2.57.